The number of amides is 1. The summed E-state index contributed by atoms with van der Waals surface area (Å²) in [5.41, 5.74) is 2.64. The van der Waals surface area contributed by atoms with Crippen molar-refractivity contribution in [3.8, 4) is 17.2 Å². The zero-order valence-corrected chi connectivity index (χ0v) is 20.5. The second-order valence-corrected chi connectivity index (χ2v) is 8.61. The lowest BCUT2D eigenvalue weighted by molar-refractivity contribution is 0.0876. The molecule has 3 aromatic carbocycles. The molecule has 2 atom stereocenters. The van der Waals surface area contributed by atoms with E-state index in [-0.39, 0.29) is 17.4 Å². The fraction of sp³-hybridized carbons (Fsp3) is 0.185. The Hall–Kier alpha value is -4.73. The van der Waals surface area contributed by atoms with E-state index in [1.54, 1.807) is 43.4 Å². The minimum Gasteiger partial charge on any atom is -0.497 e. The number of nitrogens with zero attached hydrogens (tertiary/aromatic N) is 5. The van der Waals surface area contributed by atoms with Gasteiger partial charge in [-0.1, -0.05) is 17.3 Å². The summed E-state index contributed by atoms with van der Waals surface area (Å²) < 4.78 is 28.4. The molecule has 2 aromatic heterocycles. The molecular formula is C27H25FN6O3. The standard InChI is InChI=1S/C27H25FN6O3/c1-17(30-27(35)24-16-33(2)32-31-24)26(18-5-4-6-22(13-18)36-3)37-23-11-12-25-19(14-23)15-29-34(25)21-9-7-20(28)8-10-21/h4-17,26H,1-3H3,(H,30,35)/t17-,26-/m0/s1. The minimum atomic E-state index is -0.541. The van der Waals surface area contributed by atoms with Gasteiger partial charge in [0.15, 0.2) is 5.69 Å². The lowest BCUT2D eigenvalue weighted by Gasteiger charge is -2.26. The van der Waals surface area contributed by atoms with Gasteiger partial charge in [0.05, 0.1) is 36.7 Å². The van der Waals surface area contributed by atoms with E-state index in [4.69, 9.17) is 9.47 Å². The van der Waals surface area contributed by atoms with E-state index < -0.39 is 12.1 Å². The number of fused-ring (bicyclic) bond motifs is 1. The van der Waals surface area contributed by atoms with Crippen LogP contribution < -0.4 is 14.8 Å². The third-order valence-corrected chi connectivity index (χ3v) is 5.94. The van der Waals surface area contributed by atoms with Crippen molar-refractivity contribution >= 4 is 16.8 Å². The minimum absolute atomic E-state index is 0.216. The first kappa shape index (κ1) is 24.0. The number of carbonyl (C=O) groups excluding carboxylic acids is 1. The van der Waals surface area contributed by atoms with E-state index in [1.807, 2.05) is 49.4 Å². The molecule has 0 spiro atoms. The molecule has 0 radical (unpaired) electrons. The van der Waals surface area contributed by atoms with Gasteiger partial charge in [-0.25, -0.2) is 9.07 Å². The highest BCUT2D eigenvalue weighted by molar-refractivity contribution is 5.92. The number of carbonyl (C=O) groups is 1. The molecule has 0 saturated heterocycles. The monoisotopic (exact) mass is 500 g/mol. The summed E-state index contributed by atoms with van der Waals surface area (Å²) in [5.74, 6) is 0.613. The third-order valence-electron chi connectivity index (χ3n) is 5.94. The van der Waals surface area contributed by atoms with Crippen LogP contribution in [0.25, 0.3) is 16.6 Å². The van der Waals surface area contributed by atoms with Crippen molar-refractivity contribution in [2.75, 3.05) is 7.11 Å². The highest BCUT2D eigenvalue weighted by Crippen LogP contribution is 2.30. The summed E-state index contributed by atoms with van der Waals surface area (Å²) in [5, 5.41) is 16.0. The van der Waals surface area contributed by atoms with Gasteiger partial charge in [-0.3, -0.25) is 9.48 Å². The van der Waals surface area contributed by atoms with Crippen molar-refractivity contribution < 1.29 is 18.7 Å². The van der Waals surface area contributed by atoms with Gasteiger partial charge in [0.2, 0.25) is 0 Å². The van der Waals surface area contributed by atoms with Crippen molar-refractivity contribution in [1.82, 2.24) is 30.1 Å². The van der Waals surface area contributed by atoms with Gasteiger partial charge >= 0.3 is 0 Å². The van der Waals surface area contributed by atoms with E-state index in [9.17, 15) is 9.18 Å². The predicted octanol–water partition coefficient (Wildman–Crippen LogP) is 4.24. The average Bonchev–Trinajstić information content (AvgIpc) is 3.54. The van der Waals surface area contributed by atoms with Crippen LogP contribution in [0.15, 0.2) is 79.1 Å². The number of hydrogen-bond donors (Lipinski definition) is 1. The Labute approximate surface area is 212 Å². The van der Waals surface area contributed by atoms with Crippen LogP contribution in [0.2, 0.25) is 0 Å². The second-order valence-electron chi connectivity index (χ2n) is 8.61. The first-order chi connectivity index (χ1) is 17.9. The third kappa shape index (κ3) is 5.13. The molecule has 9 nitrogen and oxygen atoms in total. The maximum absolute atomic E-state index is 13.4. The summed E-state index contributed by atoms with van der Waals surface area (Å²) in [7, 11) is 3.30. The van der Waals surface area contributed by atoms with Crippen LogP contribution in [0.1, 0.15) is 29.1 Å². The molecule has 1 amide bonds. The van der Waals surface area contributed by atoms with Crippen LogP contribution in [-0.4, -0.2) is 43.8 Å². The van der Waals surface area contributed by atoms with E-state index in [0.717, 1.165) is 22.2 Å². The Morgan fingerprint density at radius 1 is 1.05 bits per heavy atom. The Morgan fingerprint density at radius 2 is 1.86 bits per heavy atom. The van der Waals surface area contributed by atoms with Crippen molar-refractivity contribution in [2.24, 2.45) is 7.05 Å². The van der Waals surface area contributed by atoms with Crippen LogP contribution in [0.3, 0.4) is 0 Å². The van der Waals surface area contributed by atoms with Gasteiger partial charge in [0.25, 0.3) is 5.91 Å². The summed E-state index contributed by atoms with van der Waals surface area (Å²) in [6, 6.07) is 18.8. The summed E-state index contributed by atoms with van der Waals surface area (Å²) in [6.45, 7) is 1.86. The van der Waals surface area contributed by atoms with Crippen LogP contribution in [-0.2, 0) is 7.05 Å². The second kappa shape index (κ2) is 10.1. The Morgan fingerprint density at radius 3 is 2.59 bits per heavy atom. The molecule has 37 heavy (non-hydrogen) atoms. The zero-order chi connectivity index (χ0) is 25.9. The van der Waals surface area contributed by atoms with Crippen molar-refractivity contribution in [2.45, 2.75) is 19.1 Å². The molecule has 5 aromatic rings. The first-order valence-electron chi connectivity index (χ1n) is 11.6. The Bertz CT molecular complexity index is 1550. The lowest BCUT2D eigenvalue weighted by Crippen LogP contribution is -2.39. The first-order valence-corrected chi connectivity index (χ1v) is 11.6. The molecule has 10 heteroatoms. The normalized spacial score (nSPS) is 12.8. The van der Waals surface area contributed by atoms with E-state index in [1.165, 1.54) is 16.8 Å². The number of aromatic nitrogens is 5. The molecule has 5 rings (SSSR count). The molecule has 188 valence electrons. The van der Waals surface area contributed by atoms with Gasteiger partial charge in [0, 0.05) is 12.4 Å². The molecule has 0 aliphatic rings. The number of ether oxygens (including phenoxy) is 2. The molecule has 0 saturated carbocycles. The van der Waals surface area contributed by atoms with Crippen LogP contribution >= 0.6 is 0 Å². The number of rotatable bonds is 8. The molecule has 0 unspecified atom stereocenters. The summed E-state index contributed by atoms with van der Waals surface area (Å²) in [6.07, 6.45) is 2.74. The SMILES string of the molecule is COc1cccc([C@@H](Oc2ccc3c(cnn3-c3ccc(F)cc3)c2)[C@H](C)NC(=O)c2cn(C)nn2)c1. The van der Waals surface area contributed by atoms with Gasteiger partial charge in [-0.2, -0.15) is 5.10 Å². The number of hydrogen-bond acceptors (Lipinski definition) is 6. The number of benzene rings is 3. The summed E-state index contributed by atoms with van der Waals surface area (Å²) in [4.78, 5) is 12.8. The Balaban J connectivity index is 1.44. The van der Waals surface area contributed by atoms with Crippen molar-refractivity contribution in [1.29, 1.82) is 0 Å². The lowest BCUT2D eigenvalue weighted by atomic mass is 10.0. The van der Waals surface area contributed by atoms with Gasteiger partial charge < -0.3 is 14.8 Å². The van der Waals surface area contributed by atoms with Crippen LogP contribution in [0.4, 0.5) is 4.39 Å². The van der Waals surface area contributed by atoms with Gasteiger partial charge in [0.1, 0.15) is 23.4 Å². The Kier molecular flexibility index (Phi) is 6.55. The zero-order valence-electron chi connectivity index (χ0n) is 20.5. The highest BCUT2D eigenvalue weighted by Gasteiger charge is 2.25. The molecule has 1 N–H and O–H groups in total. The quantitative estimate of drug-likeness (QED) is 0.342. The number of halogens is 1. The van der Waals surface area contributed by atoms with Crippen LogP contribution in [0, 0.1) is 5.82 Å². The molecule has 0 bridgehead atoms. The largest absolute Gasteiger partial charge is 0.497 e. The maximum atomic E-state index is 13.4. The smallest absolute Gasteiger partial charge is 0.273 e. The molecule has 2 heterocycles. The fourth-order valence-electron chi connectivity index (χ4n) is 4.10. The predicted molar refractivity (Wildman–Crippen MR) is 135 cm³/mol. The van der Waals surface area contributed by atoms with E-state index in [2.05, 4.69) is 20.7 Å². The number of nitrogens with one attached hydrogen (secondary N) is 1. The molecule has 0 aliphatic heterocycles. The fourth-order valence-corrected chi connectivity index (χ4v) is 4.10. The van der Waals surface area contributed by atoms with E-state index in [0.29, 0.717) is 11.5 Å². The number of methoxy groups -OCH3 is 1. The van der Waals surface area contributed by atoms with Crippen molar-refractivity contribution in [3.63, 3.8) is 0 Å². The molecule has 0 fully saturated rings. The molecule has 0 aliphatic carbocycles. The van der Waals surface area contributed by atoms with Gasteiger partial charge in [-0.15, -0.1) is 5.10 Å². The highest BCUT2D eigenvalue weighted by atomic mass is 19.1. The van der Waals surface area contributed by atoms with Crippen LogP contribution in [0.5, 0.6) is 11.5 Å². The maximum Gasteiger partial charge on any atom is 0.273 e. The van der Waals surface area contributed by atoms with E-state index >= 15 is 0 Å². The number of aryl methyl sites for hydroxylation is 1. The summed E-state index contributed by atoms with van der Waals surface area (Å²) >= 11 is 0. The van der Waals surface area contributed by atoms with Gasteiger partial charge in [-0.05, 0) is 67.1 Å². The topological polar surface area (TPSA) is 96.1 Å². The van der Waals surface area contributed by atoms with Crippen molar-refractivity contribution in [3.05, 3.63) is 96.2 Å². The molecular weight excluding hydrogens is 475 g/mol. The average molecular weight is 501 g/mol.